The minimum Gasteiger partial charge on any atom is -0.458 e. The minimum atomic E-state index is -0.522. The zero-order chi connectivity index (χ0) is 18.5. The predicted molar refractivity (Wildman–Crippen MR) is 93.4 cm³/mol. The van der Waals surface area contributed by atoms with Gasteiger partial charge in [-0.2, -0.15) is 0 Å². The molecule has 3 atom stereocenters. The second-order valence-electron chi connectivity index (χ2n) is 8.20. The molecule has 138 valence electrons. The summed E-state index contributed by atoms with van der Waals surface area (Å²) in [4.78, 5) is 23.4. The van der Waals surface area contributed by atoms with Crippen LogP contribution in [0.15, 0.2) is 12.2 Å². The summed E-state index contributed by atoms with van der Waals surface area (Å²) in [5.74, 6) is -0.487. The van der Waals surface area contributed by atoms with Crippen molar-refractivity contribution in [2.24, 2.45) is 16.6 Å². The molecular weight excluding hydrogens is 308 g/mol. The maximum atomic E-state index is 12.1. The van der Waals surface area contributed by atoms with Crippen molar-refractivity contribution < 1.29 is 19.1 Å². The highest BCUT2D eigenvalue weighted by Crippen LogP contribution is 2.45. The fraction of sp³-hybridized carbons (Fsp3) is 0.778. The molecule has 6 heteroatoms. The highest BCUT2D eigenvalue weighted by molar-refractivity contribution is 5.86. The number of rotatable bonds is 6. The smallest absolute Gasteiger partial charge is 0.407 e. The standard InChI is InChI=1S/C18H32N2O4/c1-12(2)15(21)23-9-13(3)24-16(22)20-14-7-17(4,5)10-18(6,8-14)11-19/h13-14H,1,7-11,19H2,2-6H3,(H,20,22). The summed E-state index contributed by atoms with van der Waals surface area (Å²) in [6.45, 7) is 13.9. The topological polar surface area (TPSA) is 90.6 Å². The summed E-state index contributed by atoms with van der Waals surface area (Å²) in [6.07, 6.45) is 1.75. The molecule has 1 fully saturated rings. The molecule has 24 heavy (non-hydrogen) atoms. The SMILES string of the molecule is C=C(C)C(=O)OCC(C)OC(=O)NC1CC(C)(C)CC(C)(CN)C1. The van der Waals surface area contributed by atoms with Gasteiger partial charge in [0.05, 0.1) is 0 Å². The van der Waals surface area contributed by atoms with E-state index < -0.39 is 18.2 Å². The van der Waals surface area contributed by atoms with E-state index in [-0.39, 0.29) is 23.5 Å². The van der Waals surface area contributed by atoms with E-state index in [4.69, 9.17) is 15.2 Å². The molecule has 0 bridgehead atoms. The highest BCUT2D eigenvalue weighted by Gasteiger charge is 2.41. The van der Waals surface area contributed by atoms with Crippen LogP contribution < -0.4 is 11.1 Å². The second-order valence-corrected chi connectivity index (χ2v) is 8.20. The van der Waals surface area contributed by atoms with Crippen LogP contribution in [-0.2, 0) is 14.3 Å². The van der Waals surface area contributed by atoms with Gasteiger partial charge in [0, 0.05) is 11.6 Å². The lowest BCUT2D eigenvalue weighted by Gasteiger charge is -2.46. The molecule has 1 aliphatic carbocycles. The summed E-state index contributed by atoms with van der Waals surface area (Å²) in [5.41, 5.74) is 6.38. The average molecular weight is 340 g/mol. The van der Waals surface area contributed by atoms with Gasteiger partial charge in [0.1, 0.15) is 12.7 Å². The first kappa shape index (κ1) is 20.5. The third kappa shape index (κ3) is 6.51. The van der Waals surface area contributed by atoms with E-state index >= 15 is 0 Å². The third-order valence-corrected chi connectivity index (χ3v) is 4.36. The molecule has 3 unspecified atom stereocenters. The van der Waals surface area contributed by atoms with E-state index in [2.05, 4.69) is 32.7 Å². The van der Waals surface area contributed by atoms with Crippen LogP contribution in [-0.4, -0.2) is 37.4 Å². The van der Waals surface area contributed by atoms with Gasteiger partial charge in [0.25, 0.3) is 0 Å². The monoisotopic (exact) mass is 340 g/mol. The normalized spacial score (nSPS) is 27.0. The largest absolute Gasteiger partial charge is 0.458 e. The van der Waals surface area contributed by atoms with Gasteiger partial charge in [-0.1, -0.05) is 27.4 Å². The molecule has 0 spiro atoms. The number of hydrogen-bond donors (Lipinski definition) is 2. The number of nitrogens with one attached hydrogen (secondary N) is 1. The summed E-state index contributed by atoms with van der Waals surface area (Å²) < 4.78 is 10.2. The van der Waals surface area contributed by atoms with Crippen LogP contribution in [0, 0.1) is 10.8 Å². The molecule has 3 N–H and O–H groups in total. The molecular formula is C18H32N2O4. The Morgan fingerprint density at radius 1 is 1.33 bits per heavy atom. The van der Waals surface area contributed by atoms with Crippen molar-refractivity contribution in [2.75, 3.05) is 13.2 Å². The lowest BCUT2D eigenvalue weighted by Crippen LogP contribution is -2.49. The number of carbonyl (C=O) groups is 2. The molecule has 1 aliphatic rings. The number of esters is 1. The van der Waals surface area contributed by atoms with Crippen molar-refractivity contribution in [3.8, 4) is 0 Å². The Bertz CT molecular complexity index is 489. The molecule has 6 nitrogen and oxygen atoms in total. The molecule has 0 aromatic heterocycles. The Morgan fingerprint density at radius 2 is 1.96 bits per heavy atom. The number of alkyl carbamates (subject to hydrolysis) is 1. The second kappa shape index (κ2) is 8.01. The molecule has 0 aliphatic heterocycles. The van der Waals surface area contributed by atoms with Gasteiger partial charge in [0.2, 0.25) is 0 Å². The van der Waals surface area contributed by atoms with E-state index in [9.17, 15) is 9.59 Å². The van der Waals surface area contributed by atoms with Crippen LogP contribution in [0.25, 0.3) is 0 Å². The van der Waals surface area contributed by atoms with Gasteiger partial charge in [0.15, 0.2) is 0 Å². The van der Waals surface area contributed by atoms with Crippen LogP contribution in [0.2, 0.25) is 0 Å². The van der Waals surface area contributed by atoms with Crippen molar-refractivity contribution in [3.05, 3.63) is 12.2 Å². The number of hydrogen-bond acceptors (Lipinski definition) is 5. The predicted octanol–water partition coefficient (Wildman–Crippen LogP) is 2.76. The Morgan fingerprint density at radius 3 is 2.50 bits per heavy atom. The summed E-state index contributed by atoms with van der Waals surface area (Å²) in [5, 5.41) is 2.93. The molecule has 1 saturated carbocycles. The number of ether oxygens (including phenoxy) is 2. The Hall–Kier alpha value is -1.56. The molecule has 1 amide bonds. The van der Waals surface area contributed by atoms with E-state index in [1.807, 2.05) is 0 Å². The Balaban J connectivity index is 2.49. The number of carbonyl (C=O) groups excluding carboxylic acids is 2. The highest BCUT2D eigenvalue weighted by atomic mass is 16.6. The molecule has 0 heterocycles. The van der Waals surface area contributed by atoms with Crippen LogP contribution in [0.3, 0.4) is 0 Å². The fourth-order valence-electron chi connectivity index (χ4n) is 3.62. The van der Waals surface area contributed by atoms with Crippen molar-refractivity contribution >= 4 is 12.1 Å². The lowest BCUT2D eigenvalue weighted by molar-refractivity contribution is -0.141. The fourth-order valence-corrected chi connectivity index (χ4v) is 3.62. The average Bonchev–Trinajstić information content (AvgIpc) is 2.42. The molecule has 1 rings (SSSR count). The number of amides is 1. The van der Waals surface area contributed by atoms with E-state index in [0.29, 0.717) is 12.1 Å². The van der Waals surface area contributed by atoms with Crippen molar-refractivity contribution in [2.45, 2.75) is 66.0 Å². The Kier molecular flexibility index (Phi) is 6.84. The van der Waals surface area contributed by atoms with E-state index in [0.717, 1.165) is 19.3 Å². The van der Waals surface area contributed by atoms with Crippen molar-refractivity contribution in [3.63, 3.8) is 0 Å². The third-order valence-electron chi connectivity index (χ3n) is 4.36. The molecule has 0 aromatic carbocycles. The quantitative estimate of drug-likeness (QED) is 0.573. The zero-order valence-corrected chi connectivity index (χ0v) is 15.6. The molecule has 0 radical (unpaired) electrons. The van der Waals surface area contributed by atoms with Gasteiger partial charge >= 0.3 is 12.1 Å². The maximum absolute atomic E-state index is 12.1. The summed E-state index contributed by atoms with van der Waals surface area (Å²) >= 11 is 0. The molecule has 0 saturated heterocycles. The van der Waals surface area contributed by atoms with E-state index in [1.165, 1.54) is 0 Å². The van der Waals surface area contributed by atoms with Gasteiger partial charge < -0.3 is 20.5 Å². The van der Waals surface area contributed by atoms with Gasteiger partial charge in [-0.3, -0.25) is 0 Å². The van der Waals surface area contributed by atoms with Crippen LogP contribution in [0.5, 0.6) is 0 Å². The summed E-state index contributed by atoms with van der Waals surface area (Å²) in [7, 11) is 0. The first-order valence-electron chi connectivity index (χ1n) is 8.46. The maximum Gasteiger partial charge on any atom is 0.407 e. The van der Waals surface area contributed by atoms with Crippen molar-refractivity contribution in [1.82, 2.24) is 5.32 Å². The summed E-state index contributed by atoms with van der Waals surface area (Å²) in [6, 6.07) is 0.0277. The number of nitrogens with two attached hydrogens (primary N) is 1. The van der Waals surface area contributed by atoms with Crippen LogP contribution in [0.1, 0.15) is 53.9 Å². The van der Waals surface area contributed by atoms with Gasteiger partial charge in [-0.15, -0.1) is 0 Å². The van der Waals surface area contributed by atoms with E-state index in [1.54, 1.807) is 13.8 Å². The van der Waals surface area contributed by atoms with Crippen LogP contribution in [0.4, 0.5) is 4.79 Å². The molecule has 0 aromatic rings. The lowest BCUT2D eigenvalue weighted by atomic mass is 9.63. The zero-order valence-electron chi connectivity index (χ0n) is 15.6. The Labute approximate surface area is 145 Å². The first-order chi connectivity index (χ1) is 11.0. The first-order valence-corrected chi connectivity index (χ1v) is 8.46. The van der Waals surface area contributed by atoms with Crippen LogP contribution >= 0.6 is 0 Å². The minimum absolute atomic E-state index is 0.00971. The van der Waals surface area contributed by atoms with Gasteiger partial charge in [-0.05, 0) is 50.5 Å². The van der Waals surface area contributed by atoms with Crippen molar-refractivity contribution in [1.29, 1.82) is 0 Å². The van der Waals surface area contributed by atoms with Gasteiger partial charge in [-0.25, -0.2) is 9.59 Å².